The Labute approximate surface area is 130 Å². The molecule has 2 N–H and O–H groups in total. The average Bonchev–Trinajstić information content (AvgIpc) is 2.49. The monoisotopic (exact) mass is 288 g/mol. The van der Waals surface area contributed by atoms with Crippen molar-refractivity contribution in [2.24, 2.45) is 11.7 Å². The molecule has 1 aromatic carbocycles. The second-order valence-electron chi connectivity index (χ2n) is 6.82. The van der Waals surface area contributed by atoms with Crippen molar-refractivity contribution in [1.82, 2.24) is 4.90 Å². The van der Waals surface area contributed by atoms with Gasteiger partial charge in [-0.1, -0.05) is 56.9 Å². The van der Waals surface area contributed by atoms with E-state index in [9.17, 15) is 0 Å². The van der Waals surface area contributed by atoms with Crippen molar-refractivity contribution >= 4 is 0 Å². The molecule has 2 nitrogen and oxygen atoms in total. The number of benzene rings is 1. The van der Waals surface area contributed by atoms with Gasteiger partial charge in [0, 0.05) is 19.1 Å². The normalized spacial score (nSPS) is 18.1. The molecule has 0 bridgehead atoms. The molecule has 1 saturated carbocycles. The lowest BCUT2D eigenvalue weighted by atomic mass is 9.89. The highest BCUT2D eigenvalue weighted by atomic mass is 15.1. The smallest absolute Gasteiger partial charge is 0.0424 e. The first-order valence-electron chi connectivity index (χ1n) is 8.72. The van der Waals surface area contributed by atoms with Crippen LogP contribution in [0.4, 0.5) is 0 Å². The second kappa shape index (κ2) is 8.55. The predicted molar refractivity (Wildman–Crippen MR) is 91.4 cm³/mol. The van der Waals surface area contributed by atoms with Gasteiger partial charge >= 0.3 is 0 Å². The van der Waals surface area contributed by atoms with Gasteiger partial charge in [0.15, 0.2) is 0 Å². The Kier molecular flexibility index (Phi) is 6.72. The molecule has 0 aromatic heterocycles. The number of hydrogen-bond donors (Lipinski definition) is 1. The van der Waals surface area contributed by atoms with E-state index < -0.39 is 0 Å². The number of rotatable bonds is 7. The molecule has 2 rings (SSSR count). The van der Waals surface area contributed by atoms with Crippen LogP contribution in [0.25, 0.3) is 0 Å². The summed E-state index contributed by atoms with van der Waals surface area (Å²) in [5, 5.41) is 0. The van der Waals surface area contributed by atoms with Gasteiger partial charge < -0.3 is 10.6 Å². The van der Waals surface area contributed by atoms with Crippen molar-refractivity contribution in [2.45, 2.75) is 57.9 Å². The van der Waals surface area contributed by atoms with Gasteiger partial charge in [0.1, 0.15) is 0 Å². The lowest BCUT2D eigenvalue weighted by Crippen LogP contribution is -2.33. The molecule has 1 aliphatic rings. The fourth-order valence-electron chi connectivity index (χ4n) is 3.55. The third kappa shape index (κ3) is 5.44. The summed E-state index contributed by atoms with van der Waals surface area (Å²) < 4.78 is 0. The lowest BCUT2D eigenvalue weighted by molar-refractivity contribution is 0.224. The maximum atomic E-state index is 6.38. The summed E-state index contributed by atoms with van der Waals surface area (Å²) in [6.45, 7) is 4.39. The minimum absolute atomic E-state index is 0.134. The number of aryl methyl sites for hydroxylation is 1. The molecule has 1 aromatic rings. The van der Waals surface area contributed by atoms with E-state index in [1.807, 2.05) is 0 Å². The fourth-order valence-corrected chi connectivity index (χ4v) is 3.55. The van der Waals surface area contributed by atoms with E-state index in [0.29, 0.717) is 0 Å². The average molecular weight is 288 g/mol. The van der Waals surface area contributed by atoms with E-state index in [2.05, 4.69) is 43.1 Å². The van der Waals surface area contributed by atoms with E-state index >= 15 is 0 Å². The zero-order valence-electron chi connectivity index (χ0n) is 13.9. The molecule has 0 radical (unpaired) electrons. The molecule has 0 heterocycles. The van der Waals surface area contributed by atoms with Crippen molar-refractivity contribution < 1.29 is 0 Å². The van der Waals surface area contributed by atoms with Gasteiger partial charge in [0.05, 0.1) is 0 Å². The van der Waals surface area contributed by atoms with Gasteiger partial charge in [-0.3, -0.25) is 0 Å². The SMILES string of the molecule is CCCc1ccc(C(N)CN(C)CC2CCCCC2)cc1. The maximum absolute atomic E-state index is 6.38. The Bertz CT molecular complexity index is 393. The zero-order chi connectivity index (χ0) is 15.1. The summed E-state index contributed by atoms with van der Waals surface area (Å²) in [6, 6.07) is 9.03. The first-order chi connectivity index (χ1) is 10.2. The van der Waals surface area contributed by atoms with E-state index in [-0.39, 0.29) is 6.04 Å². The van der Waals surface area contributed by atoms with Crippen molar-refractivity contribution in [3.63, 3.8) is 0 Å². The summed E-state index contributed by atoms with van der Waals surface area (Å²) in [6.07, 6.45) is 9.46. The molecule has 0 spiro atoms. The number of nitrogens with two attached hydrogens (primary N) is 1. The summed E-state index contributed by atoms with van der Waals surface area (Å²) in [5.74, 6) is 0.892. The molecule has 1 atom stereocenters. The molecule has 0 aliphatic heterocycles. The van der Waals surface area contributed by atoms with Crippen molar-refractivity contribution in [3.8, 4) is 0 Å². The highest BCUT2D eigenvalue weighted by Crippen LogP contribution is 2.24. The van der Waals surface area contributed by atoms with Crippen molar-refractivity contribution in [3.05, 3.63) is 35.4 Å². The fraction of sp³-hybridized carbons (Fsp3) is 0.684. The van der Waals surface area contributed by atoms with E-state index in [1.54, 1.807) is 0 Å². The van der Waals surface area contributed by atoms with E-state index in [1.165, 1.54) is 56.2 Å². The van der Waals surface area contributed by atoms with Gasteiger partial charge in [0.2, 0.25) is 0 Å². The Balaban J connectivity index is 1.80. The van der Waals surface area contributed by atoms with Crippen LogP contribution in [0.15, 0.2) is 24.3 Å². The lowest BCUT2D eigenvalue weighted by Gasteiger charge is -2.28. The van der Waals surface area contributed by atoms with Gasteiger partial charge in [-0.2, -0.15) is 0 Å². The molecule has 0 saturated heterocycles. The van der Waals surface area contributed by atoms with Crippen LogP contribution in [0, 0.1) is 5.92 Å². The highest BCUT2D eigenvalue weighted by Gasteiger charge is 2.17. The van der Waals surface area contributed by atoms with Gasteiger partial charge in [0.25, 0.3) is 0 Å². The van der Waals surface area contributed by atoms with Crippen LogP contribution in [0.5, 0.6) is 0 Å². The first-order valence-corrected chi connectivity index (χ1v) is 8.72. The Hall–Kier alpha value is -0.860. The van der Waals surface area contributed by atoms with Crippen LogP contribution >= 0.6 is 0 Å². The Morgan fingerprint density at radius 3 is 2.43 bits per heavy atom. The summed E-state index contributed by atoms with van der Waals surface area (Å²) in [4.78, 5) is 2.43. The number of hydrogen-bond acceptors (Lipinski definition) is 2. The quantitative estimate of drug-likeness (QED) is 0.816. The van der Waals surface area contributed by atoms with Crippen LogP contribution < -0.4 is 5.73 Å². The molecular formula is C19H32N2. The van der Waals surface area contributed by atoms with Crippen LogP contribution in [-0.4, -0.2) is 25.0 Å². The van der Waals surface area contributed by atoms with Crippen LogP contribution in [0.1, 0.15) is 62.6 Å². The second-order valence-corrected chi connectivity index (χ2v) is 6.82. The topological polar surface area (TPSA) is 29.3 Å². The molecule has 1 aliphatic carbocycles. The van der Waals surface area contributed by atoms with Crippen molar-refractivity contribution in [1.29, 1.82) is 0 Å². The minimum atomic E-state index is 0.134. The van der Waals surface area contributed by atoms with Crippen LogP contribution in [-0.2, 0) is 6.42 Å². The molecule has 1 unspecified atom stereocenters. The highest BCUT2D eigenvalue weighted by molar-refractivity contribution is 5.25. The Morgan fingerprint density at radius 2 is 1.81 bits per heavy atom. The molecule has 2 heteroatoms. The van der Waals surface area contributed by atoms with Crippen LogP contribution in [0.2, 0.25) is 0 Å². The molecular weight excluding hydrogens is 256 g/mol. The van der Waals surface area contributed by atoms with Crippen molar-refractivity contribution in [2.75, 3.05) is 20.1 Å². The molecule has 21 heavy (non-hydrogen) atoms. The van der Waals surface area contributed by atoms with Gasteiger partial charge in [-0.05, 0) is 43.4 Å². The largest absolute Gasteiger partial charge is 0.323 e. The number of likely N-dealkylation sites (N-methyl/N-ethyl adjacent to an activating group) is 1. The van der Waals surface area contributed by atoms with E-state index in [4.69, 9.17) is 5.73 Å². The van der Waals surface area contributed by atoms with Gasteiger partial charge in [-0.25, -0.2) is 0 Å². The van der Waals surface area contributed by atoms with Gasteiger partial charge in [-0.15, -0.1) is 0 Å². The molecule has 118 valence electrons. The zero-order valence-corrected chi connectivity index (χ0v) is 13.9. The third-order valence-electron chi connectivity index (χ3n) is 4.75. The summed E-state index contributed by atoms with van der Waals surface area (Å²) in [7, 11) is 2.22. The predicted octanol–water partition coefficient (Wildman–Crippen LogP) is 4.15. The minimum Gasteiger partial charge on any atom is -0.323 e. The van der Waals surface area contributed by atoms with E-state index in [0.717, 1.165) is 18.9 Å². The first kappa shape index (κ1) is 16.5. The maximum Gasteiger partial charge on any atom is 0.0424 e. The summed E-state index contributed by atoms with van der Waals surface area (Å²) in [5.41, 5.74) is 9.07. The third-order valence-corrected chi connectivity index (χ3v) is 4.75. The summed E-state index contributed by atoms with van der Waals surface area (Å²) >= 11 is 0. The Morgan fingerprint density at radius 1 is 1.14 bits per heavy atom. The number of nitrogens with zero attached hydrogens (tertiary/aromatic N) is 1. The standard InChI is InChI=1S/C19H32N2/c1-3-7-16-10-12-18(13-11-16)19(20)15-21(2)14-17-8-5-4-6-9-17/h10-13,17,19H,3-9,14-15,20H2,1-2H3. The molecule has 1 fully saturated rings. The van der Waals surface area contributed by atoms with Crippen LogP contribution in [0.3, 0.4) is 0 Å². The molecule has 0 amide bonds.